The number of ether oxygens (including phenoxy) is 1. The van der Waals surface area contributed by atoms with Gasteiger partial charge in [0.1, 0.15) is 23.2 Å². The maximum atomic E-state index is 12.9. The van der Waals surface area contributed by atoms with Gasteiger partial charge in [-0.3, -0.25) is 29.4 Å². The third kappa shape index (κ3) is 4.97. The molecule has 2 aromatic carbocycles. The summed E-state index contributed by atoms with van der Waals surface area (Å²) in [4.78, 5) is 40.4. The van der Waals surface area contributed by atoms with E-state index in [2.05, 4.69) is 25.6 Å². The minimum absolute atomic E-state index is 0.0499. The first kappa shape index (κ1) is 24.4. The van der Waals surface area contributed by atoms with Crippen molar-refractivity contribution in [1.29, 1.82) is 0 Å². The van der Waals surface area contributed by atoms with Crippen LogP contribution >= 0.6 is 0 Å². The Hall–Kier alpha value is -5.33. The van der Waals surface area contributed by atoms with E-state index in [9.17, 15) is 19.7 Å². The van der Waals surface area contributed by atoms with Crippen molar-refractivity contribution >= 4 is 22.6 Å². The van der Waals surface area contributed by atoms with Crippen LogP contribution in [0.15, 0.2) is 71.9 Å². The first-order chi connectivity index (χ1) is 18.4. The van der Waals surface area contributed by atoms with Crippen LogP contribution < -0.4 is 15.6 Å². The molecule has 1 amide bonds. The van der Waals surface area contributed by atoms with Crippen molar-refractivity contribution < 1.29 is 14.5 Å². The predicted molar refractivity (Wildman–Crippen MR) is 137 cm³/mol. The molecule has 0 bridgehead atoms. The standard InChI is InChI=1S/C25H22N8O5/c1-38-19-7-3-5-17(11-19)21-12-22(30-29-21)24(34)26-8-9-32-23-20(13-28-32)25(35)31(15-27-23)14-16-4-2-6-18(10-16)33(36)37/h2-7,10-13,15H,8-9,14H2,1H3,(H,26,34)(H,29,30). The molecule has 0 aliphatic rings. The normalized spacial score (nSPS) is 11.0. The molecule has 0 atom stereocenters. The molecular weight excluding hydrogens is 492 g/mol. The van der Waals surface area contributed by atoms with Gasteiger partial charge in [0, 0.05) is 24.2 Å². The van der Waals surface area contributed by atoms with Crippen LogP contribution in [0, 0.1) is 10.1 Å². The lowest BCUT2D eigenvalue weighted by Gasteiger charge is -2.07. The molecule has 0 saturated carbocycles. The minimum Gasteiger partial charge on any atom is -0.497 e. The van der Waals surface area contributed by atoms with Gasteiger partial charge in [-0.2, -0.15) is 10.2 Å². The smallest absolute Gasteiger partial charge is 0.269 e. The molecular formula is C25H22N8O5. The van der Waals surface area contributed by atoms with Gasteiger partial charge in [0.2, 0.25) is 0 Å². The average Bonchev–Trinajstić information content (AvgIpc) is 3.59. The summed E-state index contributed by atoms with van der Waals surface area (Å²) in [5.41, 5.74) is 2.33. The Morgan fingerprint density at radius 2 is 2.03 bits per heavy atom. The van der Waals surface area contributed by atoms with Gasteiger partial charge in [-0.05, 0) is 23.8 Å². The van der Waals surface area contributed by atoms with Gasteiger partial charge in [-0.25, -0.2) is 9.67 Å². The zero-order chi connectivity index (χ0) is 26.6. The number of carbonyl (C=O) groups is 1. The number of amides is 1. The fraction of sp³-hybridized carbons (Fsp3) is 0.160. The van der Waals surface area contributed by atoms with Crippen LogP contribution in [0.5, 0.6) is 5.75 Å². The summed E-state index contributed by atoms with van der Waals surface area (Å²) in [6, 6.07) is 15.1. The number of hydrogen-bond donors (Lipinski definition) is 2. The molecule has 0 radical (unpaired) electrons. The fourth-order valence-electron chi connectivity index (χ4n) is 3.98. The maximum Gasteiger partial charge on any atom is 0.269 e. The molecule has 38 heavy (non-hydrogen) atoms. The van der Waals surface area contributed by atoms with Crippen LogP contribution in [0.3, 0.4) is 0 Å². The molecule has 0 aliphatic carbocycles. The minimum atomic E-state index is -0.484. The number of H-pyrrole nitrogens is 1. The summed E-state index contributed by atoms with van der Waals surface area (Å²) in [5.74, 6) is 0.350. The lowest BCUT2D eigenvalue weighted by molar-refractivity contribution is -0.384. The quantitative estimate of drug-likeness (QED) is 0.224. The van der Waals surface area contributed by atoms with E-state index in [-0.39, 0.29) is 36.8 Å². The highest BCUT2D eigenvalue weighted by Gasteiger charge is 2.14. The summed E-state index contributed by atoms with van der Waals surface area (Å²) < 4.78 is 8.13. The van der Waals surface area contributed by atoms with Crippen LogP contribution in [-0.2, 0) is 13.1 Å². The fourth-order valence-corrected chi connectivity index (χ4v) is 3.98. The van der Waals surface area contributed by atoms with Gasteiger partial charge in [0.05, 0.1) is 37.0 Å². The molecule has 0 saturated heterocycles. The Labute approximate surface area is 214 Å². The van der Waals surface area contributed by atoms with Crippen LogP contribution in [0.4, 0.5) is 5.69 Å². The van der Waals surface area contributed by atoms with Crippen molar-refractivity contribution in [2.24, 2.45) is 0 Å². The van der Waals surface area contributed by atoms with Gasteiger partial charge < -0.3 is 10.1 Å². The van der Waals surface area contributed by atoms with Crippen molar-refractivity contribution in [1.82, 2.24) is 34.8 Å². The maximum absolute atomic E-state index is 12.9. The number of carbonyl (C=O) groups excluding carboxylic acids is 1. The predicted octanol–water partition coefficient (Wildman–Crippen LogP) is 2.38. The average molecular weight is 515 g/mol. The SMILES string of the molecule is COc1cccc(-c2cc(C(=O)NCCn3ncc4c(=O)n(Cc5cccc([N+](=O)[O-])c5)cnc43)[nH]n2)c1. The zero-order valence-electron chi connectivity index (χ0n) is 20.2. The van der Waals surface area contributed by atoms with E-state index in [0.29, 0.717) is 33.7 Å². The number of nitro benzene ring substituents is 1. The van der Waals surface area contributed by atoms with Crippen LogP contribution in [-0.4, -0.2) is 54.0 Å². The van der Waals surface area contributed by atoms with Crippen molar-refractivity contribution in [3.8, 4) is 17.0 Å². The lowest BCUT2D eigenvalue weighted by Crippen LogP contribution is -2.28. The van der Waals surface area contributed by atoms with Crippen LogP contribution in [0.1, 0.15) is 16.1 Å². The highest BCUT2D eigenvalue weighted by molar-refractivity contribution is 5.93. The number of fused-ring (bicyclic) bond motifs is 1. The molecule has 3 heterocycles. The third-order valence-corrected chi connectivity index (χ3v) is 5.89. The molecule has 0 fully saturated rings. The van der Waals surface area contributed by atoms with Crippen molar-refractivity contribution in [3.63, 3.8) is 0 Å². The van der Waals surface area contributed by atoms with E-state index in [1.54, 1.807) is 25.3 Å². The Morgan fingerprint density at radius 3 is 2.84 bits per heavy atom. The number of benzene rings is 2. The molecule has 2 N–H and O–H groups in total. The summed E-state index contributed by atoms with van der Waals surface area (Å²) in [6.07, 6.45) is 2.80. The Kier molecular flexibility index (Phi) is 6.63. The topological polar surface area (TPSA) is 163 Å². The summed E-state index contributed by atoms with van der Waals surface area (Å²) >= 11 is 0. The number of nitro groups is 1. The Balaban J connectivity index is 1.23. The largest absolute Gasteiger partial charge is 0.497 e. The molecule has 0 spiro atoms. The number of aromatic amines is 1. The monoisotopic (exact) mass is 514 g/mol. The van der Waals surface area contributed by atoms with Gasteiger partial charge >= 0.3 is 0 Å². The molecule has 5 aromatic rings. The number of hydrogen-bond acceptors (Lipinski definition) is 8. The van der Waals surface area contributed by atoms with Gasteiger partial charge in [0.15, 0.2) is 5.65 Å². The summed E-state index contributed by atoms with van der Waals surface area (Å²) in [6.45, 7) is 0.654. The van der Waals surface area contributed by atoms with E-state index < -0.39 is 4.92 Å². The van der Waals surface area contributed by atoms with E-state index in [1.807, 2.05) is 24.3 Å². The third-order valence-electron chi connectivity index (χ3n) is 5.89. The highest BCUT2D eigenvalue weighted by Crippen LogP contribution is 2.22. The van der Waals surface area contributed by atoms with Crippen LogP contribution in [0.2, 0.25) is 0 Å². The second-order valence-corrected chi connectivity index (χ2v) is 8.36. The highest BCUT2D eigenvalue weighted by atomic mass is 16.6. The second kappa shape index (κ2) is 10.3. The Bertz CT molecular complexity index is 1700. The first-order valence-electron chi connectivity index (χ1n) is 11.6. The second-order valence-electron chi connectivity index (χ2n) is 8.36. The molecule has 0 unspecified atom stereocenters. The number of non-ortho nitro benzene ring substituents is 1. The van der Waals surface area contributed by atoms with Crippen molar-refractivity contribution in [3.05, 3.63) is 98.8 Å². The van der Waals surface area contributed by atoms with Crippen molar-refractivity contribution in [2.45, 2.75) is 13.1 Å². The molecule has 5 rings (SSSR count). The molecule has 0 aliphatic heterocycles. The summed E-state index contributed by atoms with van der Waals surface area (Å²) in [7, 11) is 1.58. The van der Waals surface area contributed by atoms with E-state index in [4.69, 9.17) is 4.74 Å². The first-order valence-corrected chi connectivity index (χ1v) is 11.6. The number of rotatable bonds is 9. The Morgan fingerprint density at radius 1 is 1.18 bits per heavy atom. The van der Waals surface area contributed by atoms with Gasteiger partial charge in [-0.15, -0.1) is 0 Å². The van der Waals surface area contributed by atoms with E-state index in [0.717, 1.165) is 5.56 Å². The number of nitrogens with zero attached hydrogens (tertiary/aromatic N) is 6. The summed E-state index contributed by atoms with van der Waals surface area (Å²) in [5, 5.41) is 25.3. The van der Waals surface area contributed by atoms with E-state index >= 15 is 0 Å². The van der Waals surface area contributed by atoms with Crippen LogP contribution in [0.25, 0.3) is 22.3 Å². The van der Waals surface area contributed by atoms with Gasteiger partial charge in [-0.1, -0.05) is 24.3 Å². The molecule has 3 aromatic heterocycles. The molecule has 13 nitrogen and oxygen atoms in total. The molecule has 13 heteroatoms. The lowest BCUT2D eigenvalue weighted by atomic mass is 10.1. The number of nitrogens with one attached hydrogen (secondary N) is 2. The van der Waals surface area contributed by atoms with E-state index in [1.165, 1.54) is 33.9 Å². The number of aromatic nitrogens is 6. The van der Waals surface area contributed by atoms with Crippen molar-refractivity contribution in [2.75, 3.05) is 13.7 Å². The van der Waals surface area contributed by atoms with Gasteiger partial charge in [0.25, 0.3) is 17.2 Å². The zero-order valence-corrected chi connectivity index (χ0v) is 20.2. The number of methoxy groups -OCH3 is 1. The molecule has 192 valence electrons.